The summed E-state index contributed by atoms with van der Waals surface area (Å²) in [5.41, 5.74) is 2.04. The van der Waals surface area contributed by atoms with Crippen molar-refractivity contribution in [3.05, 3.63) is 65.7 Å². The molecule has 0 bridgehead atoms. The van der Waals surface area contributed by atoms with Crippen molar-refractivity contribution in [1.29, 1.82) is 0 Å². The van der Waals surface area contributed by atoms with Crippen molar-refractivity contribution in [2.24, 2.45) is 5.92 Å². The highest BCUT2D eigenvalue weighted by molar-refractivity contribution is 5.67. The molecule has 0 aliphatic heterocycles. The van der Waals surface area contributed by atoms with Crippen molar-refractivity contribution >= 4 is 25.0 Å². The normalized spacial score (nSPS) is 12.6. The lowest BCUT2D eigenvalue weighted by molar-refractivity contribution is -0.217. The van der Waals surface area contributed by atoms with Crippen LogP contribution in [0.2, 0.25) is 0 Å². The van der Waals surface area contributed by atoms with Crippen LogP contribution in [0.4, 0.5) is 4.79 Å². The van der Waals surface area contributed by atoms with Gasteiger partial charge in [0.15, 0.2) is 6.29 Å². The molecule has 0 saturated heterocycles. The van der Waals surface area contributed by atoms with E-state index in [1.54, 1.807) is 38.1 Å². The maximum Gasteiger partial charge on any atom is 0.435 e. The van der Waals surface area contributed by atoms with Crippen LogP contribution >= 0.6 is 0 Å². The third-order valence-corrected chi connectivity index (χ3v) is 7.30. The number of hydrogen-bond acceptors (Lipinski definition) is 10. The molecular formula is C37H60N4O7. The monoisotopic (exact) mass is 672 g/mol. The summed E-state index contributed by atoms with van der Waals surface area (Å²) in [6.07, 6.45) is 3.78. The minimum absolute atomic E-state index is 0.0168. The van der Waals surface area contributed by atoms with Gasteiger partial charge in [-0.15, -0.1) is 0 Å². The Bertz CT molecular complexity index is 1100. The molecular weight excluding hydrogens is 612 g/mol. The van der Waals surface area contributed by atoms with Gasteiger partial charge in [0.1, 0.15) is 30.6 Å². The van der Waals surface area contributed by atoms with E-state index in [0.29, 0.717) is 24.7 Å². The van der Waals surface area contributed by atoms with Crippen molar-refractivity contribution in [2.45, 2.75) is 85.0 Å². The van der Waals surface area contributed by atoms with Crippen LogP contribution in [0, 0.1) is 12.8 Å². The van der Waals surface area contributed by atoms with Crippen LogP contribution in [-0.2, 0) is 30.4 Å². The molecule has 0 fully saturated rings. The van der Waals surface area contributed by atoms with Gasteiger partial charge in [-0.05, 0) is 78.0 Å². The Hall–Kier alpha value is -3.64. The standard InChI is InChI=1S/C24H37N3O6.C7H8O.C6H15N/c1-5-7-13-21(18-29)26(4)17-23(25(3)14-15-28)27(24(31)32-6-2)33-22(19-30)16-20-11-9-8-10-12-20;1-6-2-4-7(8)5-3-6;1-6(2)4-5-7-3/h8-12,15,18-19,21-23H,5-7,13-14,16-17H2,1-4H3;2-5,8H,1H3;6-7H,4-5H2,1-3H3. The summed E-state index contributed by atoms with van der Waals surface area (Å²) in [6.45, 7) is 11.6. The first-order chi connectivity index (χ1) is 23.0. The second kappa shape index (κ2) is 27.3. The number of phenolic OH excluding ortho intramolecular Hbond substituents is 1. The average molecular weight is 673 g/mol. The number of aromatic hydroxyl groups is 1. The van der Waals surface area contributed by atoms with E-state index in [0.717, 1.165) is 42.2 Å². The summed E-state index contributed by atoms with van der Waals surface area (Å²) in [5, 5.41) is 12.9. The lowest BCUT2D eigenvalue weighted by atomic mass is 10.1. The highest BCUT2D eigenvalue weighted by Crippen LogP contribution is 2.16. The summed E-state index contributed by atoms with van der Waals surface area (Å²) in [4.78, 5) is 56.9. The molecule has 1 amide bonds. The molecule has 2 rings (SSSR count). The fraction of sp³-hybridized carbons (Fsp3) is 0.568. The SMILES string of the molecule is CCCCC(C=O)N(C)CC(N(C)CC=O)N(OC(C=O)Cc1ccccc1)C(=O)OCC.CNCCC(C)C.Cc1ccc(O)cc1. The van der Waals surface area contributed by atoms with E-state index < -0.39 is 18.4 Å². The average Bonchev–Trinajstić information content (AvgIpc) is 3.07. The molecule has 3 unspecified atom stereocenters. The fourth-order valence-corrected chi connectivity index (χ4v) is 4.33. The first-order valence-electron chi connectivity index (χ1n) is 16.8. The Labute approximate surface area is 288 Å². The zero-order chi connectivity index (χ0) is 36.3. The van der Waals surface area contributed by atoms with Gasteiger partial charge in [0.25, 0.3) is 0 Å². The number of amides is 1. The van der Waals surface area contributed by atoms with E-state index in [9.17, 15) is 19.2 Å². The predicted molar refractivity (Wildman–Crippen MR) is 191 cm³/mol. The molecule has 0 saturated carbocycles. The van der Waals surface area contributed by atoms with E-state index >= 15 is 0 Å². The molecule has 0 radical (unpaired) electrons. The van der Waals surface area contributed by atoms with Gasteiger partial charge in [0.2, 0.25) is 0 Å². The molecule has 0 spiro atoms. The number of aryl methyl sites for hydroxylation is 1. The van der Waals surface area contributed by atoms with Gasteiger partial charge in [0.05, 0.1) is 19.2 Å². The molecule has 0 aliphatic carbocycles. The van der Waals surface area contributed by atoms with Gasteiger partial charge in [-0.25, -0.2) is 4.79 Å². The van der Waals surface area contributed by atoms with Crippen LogP contribution in [0.1, 0.15) is 64.5 Å². The van der Waals surface area contributed by atoms with Gasteiger partial charge in [-0.1, -0.05) is 81.6 Å². The number of hydrogen-bond donors (Lipinski definition) is 2. The fourth-order valence-electron chi connectivity index (χ4n) is 4.33. The van der Waals surface area contributed by atoms with Gasteiger partial charge in [-0.2, -0.15) is 5.06 Å². The van der Waals surface area contributed by atoms with Crippen LogP contribution in [0.5, 0.6) is 5.75 Å². The number of unbranched alkanes of at least 4 members (excludes halogenated alkanes) is 1. The first kappa shape index (κ1) is 44.4. The van der Waals surface area contributed by atoms with Crippen LogP contribution in [0.3, 0.4) is 0 Å². The maximum absolute atomic E-state index is 12.8. The number of phenols is 1. The zero-order valence-electron chi connectivity index (χ0n) is 30.3. The molecule has 2 aromatic carbocycles. The third kappa shape index (κ3) is 19.9. The Morgan fingerprint density at radius 2 is 1.58 bits per heavy atom. The molecule has 0 aromatic heterocycles. The van der Waals surface area contributed by atoms with Crippen molar-refractivity contribution < 1.29 is 33.9 Å². The van der Waals surface area contributed by atoms with Gasteiger partial charge < -0.3 is 29.5 Å². The molecule has 0 heterocycles. The second-order valence-corrected chi connectivity index (χ2v) is 12.0. The van der Waals surface area contributed by atoms with Crippen molar-refractivity contribution in [1.82, 2.24) is 20.2 Å². The topological polar surface area (TPSA) is 129 Å². The third-order valence-electron chi connectivity index (χ3n) is 7.30. The number of nitrogens with one attached hydrogen (secondary N) is 1. The van der Waals surface area contributed by atoms with E-state index in [-0.39, 0.29) is 32.2 Å². The zero-order valence-corrected chi connectivity index (χ0v) is 30.3. The van der Waals surface area contributed by atoms with Crippen molar-refractivity contribution in [3.8, 4) is 5.75 Å². The van der Waals surface area contributed by atoms with Crippen LogP contribution in [-0.4, -0.2) is 111 Å². The summed E-state index contributed by atoms with van der Waals surface area (Å²) in [5.74, 6) is 1.17. The number of carbonyl (C=O) groups is 4. The molecule has 0 aliphatic rings. The number of likely N-dealkylation sites (N-methyl/N-ethyl adjacent to an activating group) is 2. The second-order valence-electron chi connectivity index (χ2n) is 12.0. The number of hydroxylamine groups is 2. The summed E-state index contributed by atoms with van der Waals surface area (Å²) in [6, 6.07) is 16.0. The number of nitrogens with zero attached hydrogens (tertiary/aromatic N) is 3. The Kier molecular flexibility index (Phi) is 25.3. The molecule has 11 nitrogen and oxygen atoms in total. The molecule has 2 N–H and O–H groups in total. The number of benzene rings is 2. The number of aldehydes is 3. The van der Waals surface area contributed by atoms with Gasteiger partial charge >= 0.3 is 6.09 Å². The quantitative estimate of drug-likeness (QED) is 0.109. The van der Waals surface area contributed by atoms with E-state index in [4.69, 9.17) is 14.7 Å². The number of carbonyl (C=O) groups excluding carboxylic acids is 4. The van der Waals surface area contributed by atoms with E-state index in [1.807, 2.05) is 68.3 Å². The summed E-state index contributed by atoms with van der Waals surface area (Å²) in [7, 11) is 5.43. The lowest BCUT2D eigenvalue weighted by Crippen LogP contribution is -2.57. The van der Waals surface area contributed by atoms with Gasteiger partial charge in [0, 0.05) is 13.0 Å². The minimum atomic E-state index is -0.948. The molecule has 11 heteroatoms. The summed E-state index contributed by atoms with van der Waals surface area (Å²) >= 11 is 0. The Balaban J connectivity index is 0.00000120. The molecule has 2 aromatic rings. The first-order valence-corrected chi connectivity index (χ1v) is 16.8. The molecule has 48 heavy (non-hydrogen) atoms. The Morgan fingerprint density at radius 1 is 0.938 bits per heavy atom. The van der Waals surface area contributed by atoms with Crippen LogP contribution < -0.4 is 5.32 Å². The van der Waals surface area contributed by atoms with Crippen LogP contribution in [0.25, 0.3) is 0 Å². The number of ether oxygens (including phenoxy) is 1. The van der Waals surface area contributed by atoms with E-state index in [2.05, 4.69) is 19.2 Å². The van der Waals surface area contributed by atoms with Crippen molar-refractivity contribution in [3.63, 3.8) is 0 Å². The van der Waals surface area contributed by atoms with Crippen molar-refractivity contribution in [2.75, 3.05) is 47.4 Å². The number of rotatable bonds is 20. The molecule has 270 valence electrons. The smallest absolute Gasteiger partial charge is 0.435 e. The highest BCUT2D eigenvalue weighted by Gasteiger charge is 2.34. The minimum Gasteiger partial charge on any atom is -0.508 e. The maximum atomic E-state index is 12.8. The molecule has 3 atom stereocenters. The summed E-state index contributed by atoms with van der Waals surface area (Å²) < 4.78 is 5.19. The Morgan fingerprint density at radius 3 is 2.04 bits per heavy atom. The highest BCUT2D eigenvalue weighted by atomic mass is 16.7. The van der Waals surface area contributed by atoms with Crippen LogP contribution in [0.15, 0.2) is 54.6 Å². The van der Waals surface area contributed by atoms with E-state index in [1.165, 1.54) is 12.0 Å². The van der Waals surface area contributed by atoms with Gasteiger partial charge in [-0.3, -0.25) is 14.6 Å². The predicted octanol–water partition coefficient (Wildman–Crippen LogP) is 5.29. The largest absolute Gasteiger partial charge is 0.508 e. The lowest BCUT2D eigenvalue weighted by Gasteiger charge is -2.39.